The first-order chi connectivity index (χ1) is 18.9. The lowest BCUT2D eigenvalue weighted by Gasteiger charge is -2.19. The molecule has 0 bridgehead atoms. The third-order valence-corrected chi connectivity index (χ3v) is 6.48. The molecule has 3 aromatic heterocycles. The number of nitrogens with zero attached hydrogens (tertiary/aromatic N) is 2. The fraction of sp³-hybridized carbons (Fsp3) is 0.312. The van der Waals surface area contributed by atoms with Crippen LogP contribution in [0.4, 0.5) is 0 Å². The van der Waals surface area contributed by atoms with Gasteiger partial charge < -0.3 is 4.42 Å². The molecule has 0 saturated carbocycles. The summed E-state index contributed by atoms with van der Waals surface area (Å²) in [6, 6.07) is 17.0. The van der Waals surface area contributed by atoms with Gasteiger partial charge in [0.25, 0.3) is 0 Å². The van der Waals surface area contributed by atoms with Crippen LogP contribution in [0.15, 0.2) is 65.2 Å². The number of hydrogen-bond donors (Lipinski definition) is 0. The van der Waals surface area contributed by atoms with E-state index in [0.717, 1.165) is 27.5 Å². The zero-order valence-electron chi connectivity index (χ0n) is 27.1. The molecule has 0 unspecified atom stereocenters. The average molecular weight is 469 g/mol. The largest absolute Gasteiger partial charge is 0.437 e. The topological polar surface area (TPSA) is 38.9 Å². The van der Waals surface area contributed by atoms with E-state index in [0.29, 0.717) is 33.8 Å². The second-order valence-corrected chi connectivity index (χ2v) is 9.68. The molecule has 3 heteroatoms. The molecule has 3 heterocycles. The third-order valence-electron chi connectivity index (χ3n) is 6.48. The Morgan fingerprint density at radius 1 is 0.771 bits per heavy atom. The molecule has 0 aliphatic heterocycles. The Labute approximate surface area is 216 Å². The van der Waals surface area contributed by atoms with Crippen LogP contribution in [-0.2, 0) is 0 Å². The fourth-order valence-corrected chi connectivity index (χ4v) is 4.70. The normalized spacial score (nSPS) is 15.8. The SMILES string of the molecule is [2H]C([2H])([2H])c1cnc(-c2cccc3c2oc2nc(-c4c(C([2H])(C)C)cccc4C([2H])(C)C)ccc23)cc1C([2H])(C)C. The number of furan rings is 1. The van der Waals surface area contributed by atoms with Crippen LogP contribution in [-0.4, -0.2) is 9.97 Å². The number of para-hydroxylation sites is 1. The summed E-state index contributed by atoms with van der Waals surface area (Å²) in [5.74, 6) is -2.98. The van der Waals surface area contributed by atoms with Crippen LogP contribution in [0.5, 0.6) is 0 Å². The summed E-state index contributed by atoms with van der Waals surface area (Å²) < 4.78 is 56.3. The molecule has 2 aromatic carbocycles. The van der Waals surface area contributed by atoms with E-state index in [9.17, 15) is 0 Å². The molecular formula is C32H34N2O. The predicted octanol–water partition coefficient (Wildman–Crippen LogP) is 9.39. The Kier molecular flexibility index (Phi) is 4.36. The molecule has 0 aliphatic carbocycles. The van der Waals surface area contributed by atoms with Crippen molar-refractivity contribution in [3.8, 4) is 22.5 Å². The van der Waals surface area contributed by atoms with Gasteiger partial charge in [-0.2, -0.15) is 0 Å². The number of fused-ring (bicyclic) bond motifs is 3. The van der Waals surface area contributed by atoms with Gasteiger partial charge >= 0.3 is 0 Å². The summed E-state index contributed by atoms with van der Waals surface area (Å²) in [5.41, 5.74) is 5.56. The van der Waals surface area contributed by atoms with Crippen LogP contribution in [0, 0.1) is 6.85 Å². The second-order valence-electron chi connectivity index (χ2n) is 9.68. The minimum absolute atomic E-state index is 0.0634. The highest BCUT2D eigenvalue weighted by Crippen LogP contribution is 2.39. The lowest BCUT2D eigenvalue weighted by Crippen LogP contribution is -2.00. The summed E-state index contributed by atoms with van der Waals surface area (Å²) in [6.45, 7) is 8.25. The van der Waals surface area contributed by atoms with E-state index in [1.54, 1.807) is 19.9 Å². The van der Waals surface area contributed by atoms with E-state index in [1.165, 1.54) is 6.20 Å². The van der Waals surface area contributed by atoms with Gasteiger partial charge in [0.15, 0.2) is 0 Å². The first-order valence-corrected chi connectivity index (χ1v) is 11.9. The minimum atomic E-state index is -2.39. The Balaban J connectivity index is 1.74. The molecule has 0 amide bonds. The molecule has 5 aromatic rings. The highest BCUT2D eigenvalue weighted by atomic mass is 16.3. The van der Waals surface area contributed by atoms with Gasteiger partial charge in [0.05, 0.1) is 11.4 Å². The van der Waals surface area contributed by atoms with Crippen LogP contribution in [0.2, 0.25) is 0 Å². The number of rotatable bonds is 5. The van der Waals surface area contributed by atoms with Gasteiger partial charge in [-0.05, 0) is 71.1 Å². The predicted molar refractivity (Wildman–Crippen MR) is 147 cm³/mol. The van der Waals surface area contributed by atoms with Crippen molar-refractivity contribution >= 4 is 22.1 Å². The molecule has 0 aliphatic rings. The molecule has 0 atom stereocenters. The molecule has 178 valence electrons. The van der Waals surface area contributed by atoms with E-state index in [4.69, 9.17) is 17.6 Å². The Morgan fingerprint density at radius 3 is 2.11 bits per heavy atom. The zero-order valence-corrected chi connectivity index (χ0v) is 21.1. The van der Waals surface area contributed by atoms with E-state index >= 15 is 0 Å². The van der Waals surface area contributed by atoms with E-state index in [1.807, 2.05) is 76.2 Å². The second kappa shape index (κ2) is 8.96. The molecule has 3 nitrogen and oxygen atoms in total. The maximum Gasteiger partial charge on any atom is 0.227 e. The number of benzene rings is 2. The van der Waals surface area contributed by atoms with Gasteiger partial charge in [-0.3, -0.25) is 4.98 Å². The number of aryl methyl sites for hydroxylation is 1. The van der Waals surface area contributed by atoms with E-state index < -0.39 is 24.5 Å². The number of hydrogen-bond acceptors (Lipinski definition) is 3. The number of aromatic nitrogens is 2. The Hall–Kier alpha value is -3.46. The highest BCUT2D eigenvalue weighted by Gasteiger charge is 2.19. The van der Waals surface area contributed by atoms with E-state index in [-0.39, 0.29) is 5.56 Å². The van der Waals surface area contributed by atoms with Crippen molar-refractivity contribution in [2.75, 3.05) is 0 Å². The summed E-state index contributed by atoms with van der Waals surface area (Å²) in [6.07, 6.45) is 1.34. The van der Waals surface area contributed by atoms with Crippen molar-refractivity contribution in [2.45, 2.75) is 66.1 Å². The van der Waals surface area contributed by atoms with Crippen LogP contribution in [0.1, 0.15) is 89.7 Å². The van der Waals surface area contributed by atoms with Crippen molar-refractivity contribution in [2.24, 2.45) is 0 Å². The molecule has 35 heavy (non-hydrogen) atoms. The van der Waals surface area contributed by atoms with Crippen molar-refractivity contribution < 1.29 is 12.6 Å². The standard InChI is InChI=1S/C32H34N2O/c1-18(2)22-10-8-11-23(19(3)4)30(22)28-15-14-25-24-12-9-13-26(31(24)35-32(25)34-28)29-16-27(20(5)6)21(7)17-33-29/h8-20H,1-7H3/i7D3,18D,19D,20D. The van der Waals surface area contributed by atoms with Crippen molar-refractivity contribution in [3.05, 3.63) is 83.0 Å². The zero-order chi connectivity index (χ0) is 30.1. The monoisotopic (exact) mass is 468 g/mol. The van der Waals surface area contributed by atoms with Crippen LogP contribution >= 0.6 is 0 Å². The molecule has 5 rings (SSSR count). The molecule has 0 fully saturated rings. The molecular weight excluding hydrogens is 428 g/mol. The first kappa shape index (κ1) is 17.0. The first-order valence-electron chi connectivity index (χ1n) is 14.9. The molecule has 0 radical (unpaired) electrons. The average Bonchev–Trinajstić information content (AvgIpc) is 3.24. The Morgan fingerprint density at radius 2 is 1.46 bits per heavy atom. The van der Waals surface area contributed by atoms with Crippen molar-refractivity contribution in [1.29, 1.82) is 0 Å². The maximum atomic E-state index is 8.79. The fourth-order valence-electron chi connectivity index (χ4n) is 4.70. The van der Waals surface area contributed by atoms with Gasteiger partial charge in [-0.25, -0.2) is 4.98 Å². The lowest BCUT2D eigenvalue weighted by molar-refractivity contribution is 0.655. The summed E-state index contributed by atoms with van der Waals surface area (Å²) in [4.78, 5) is 9.40. The van der Waals surface area contributed by atoms with Gasteiger partial charge in [-0.15, -0.1) is 0 Å². The van der Waals surface area contributed by atoms with Gasteiger partial charge in [0.2, 0.25) is 5.71 Å². The summed E-state index contributed by atoms with van der Waals surface area (Å²) in [7, 11) is 0. The summed E-state index contributed by atoms with van der Waals surface area (Å²) >= 11 is 0. The van der Waals surface area contributed by atoms with Gasteiger partial charge in [0.1, 0.15) is 5.58 Å². The van der Waals surface area contributed by atoms with Crippen LogP contribution in [0.3, 0.4) is 0 Å². The van der Waals surface area contributed by atoms with Crippen LogP contribution in [0.25, 0.3) is 44.6 Å². The molecule has 0 N–H and O–H groups in total. The van der Waals surface area contributed by atoms with Gasteiger partial charge in [-0.1, -0.05) is 71.9 Å². The van der Waals surface area contributed by atoms with Crippen molar-refractivity contribution in [1.82, 2.24) is 9.97 Å². The van der Waals surface area contributed by atoms with Crippen molar-refractivity contribution in [3.63, 3.8) is 0 Å². The maximum absolute atomic E-state index is 8.79. The van der Waals surface area contributed by atoms with E-state index in [2.05, 4.69) is 4.98 Å². The number of pyridine rings is 2. The van der Waals surface area contributed by atoms with Crippen LogP contribution < -0.4 is 0 Å². The summed E-state index contributed by atoms with van der Waals surface area (Å²) in [5, 5.41) is 1.64. The lowest BCUT2D eigenvalue weighted by atomic mass is 9.87. The highest BCUT2D eigenvalue weighted by molar-refractivity contribution is 6.08. The third kappa shape index (κ3) is 4.03. The molecule has 0 saturated heterocycles. The van der Waals surface area contributed by atoms with Gasteiger partial charge in [0, 0.05) is 36.3 Å². The quantitative estimate of drug-likeness (QED) is 0.258. The smallest absolute Gasteiger partial charge is 0.227 e. The Bertz CT molecular complexity index is 1750. The molecule has 0 spiro atoms. The minimum Gasteiger partial charge on any atom is -0.437 e.